The molecule has 1 N–H and O–H groups in total. The van der Waals surface area contributed by atoms with Crippen molar-refractivity contribution < 1.29 is 0 Å². The molecule has 0 amide bonds. The highest BCUT2D eigenvalue weighted by Crippen LogP contribution is 2.42. The van der Waals surface area contributed by atoms with Gasteiger partial charge in [0.25, 0.3) is 5.56 Å². The summed E-state index contributed by atoms with van der Waals surface area (Å²) in [4.78, 5) is 15.2. The highest BCUT2D eigenvalue weighted by atomic mass is 16.1. The van der Waals surface area contributed by atoms with E-state index in [-0.39, 0.29) is 11.1 Å². The van der Waals surface area contributed by atoms with Gasteiger partial charge in [-0.05, 0) is 54.0 Å². The fourth-order valence-electron chi connectivity index (χ4n) is 3.29. The molecule has 1 aliphatic rings. The molecular weight excluding hydrogens is 296 g/mol. The molecule has 24 heavy (non-hydrogen) atoms. The van der Waals surface area contributed by atoms with Crippen LogP contribution in [-0.2, 0) is 6.42 Å². The van der Waals surface area contributed by atoms with Gasteiger partial charge in [-0.3, -0.25) is 4.79 Å². The Morgan fingerprint density at radius 1 is 1.17 bits per heavy atom. The number of fused-ring (bicyclic) bond motifs is 1. The van der Waals surface area contributed by atoms with Crippen molar-refractivity contribution in [3.05, 3.63) is 69.5 Å². The van der Waals surface area contributed by atoms with Gasteiger partial charge in [0.05, 0.1) is 0 Å². The SMILES string of the molecule is CCc1ccc(-c2c(C#N)c(=O)[nH]c3ccc(C4CC4)cc23)cc1. The van der Waals surface area contributed by atoms with Crippen LogP contribution in [0.5, 0.6) is 0 Å². The number of nitrogens with one attached hydrogen (secondary N) is 1. The van der Waals surface area contributed by atoms with E-state index in [0.717, 1.165) is 28.5 Å². The van der Waals surface area contributed by atoms with Crippen molar-refractivity contribution in [2.45, 2.75) is 32.1 Å². The first kappa shape index (κ1) is 14.7. The third kappa shape index (κ3) is 2.41. The number of hydrogen-bond acceptors (Lipinski definition) is 2. The van der Waals surface area contributed by atoms with E-state index < -0.39 is 0 Å². The average Bonchev–Trinajstić information content (AvgIpc) is 3.45. The van der Waals surface area contributed by atoms with Crippen molar-refractivity contribution in [2.75, 3.05) is 0 Å². The molecule has 0 radical (unpaired) electrons. The van der Waals surface area contributed by atoms with Crippen molar-refractivity contribution in [1.29, 1.82) is 5.26 Å². The fourth-order valence-corrected chi connectivity index (χ4v) is 3.29. The summed E-state index contributed by atoms with van der Waals surface area (Å²) >= 11 is 0. The predicted molar refractivity (Wildman–Crippen MR) is 96.1 cm³/mol. The minimum Gasteiger partial charge on any atom is -0.321 e. The van der Waals surface area contributed by atoms with E-state index in [2.05, 4.69) is 42.2 Å². The Hall–Kier alpha value is -2.86. The standard InChI is InChI=1S/C21H18N2O/c1-2-13-3-5-15(6-4-13)20-17-11-16(14-7-8-14)9-10-19(17)23-21(24)18(20)12-22/h3-6,9-11,14H,2,7-8H2,1H3,(H,23,24). The van der Waals surface area contributed by atoms with Crippen LogP contribution in [0.25, 0.3) is 22.0 Å². The van der Waals surface area contributed by atoms with Gasteiger partial charge in [-0.2, -0.15) is 5.26 Å². The molecule has 1 aliphatic carbocycles. The van der Waals surface area contributed by atoms with E-state index in [4.69, 9.17) is 0 Å². The number of hydrogen-bond donors (Lipinski definition) is 1. The molecule has 0 saturated heterocycles. The first-order valence-electron chi connectivity index (χ1n) is 8.40. The van der Waals surface area contributed by atoms with Crippen molar-refractivity contribution in [2.24, 2.45) is 0 Å². The number of H-pyrrole nitrogens is 1. The van der Waals surface area contributed by atoms with Gasteiger partial charge in [-0.1, -0.05) is 37.3 Å². The highest BCUT2D eigenvalue weighted by Gasteiger charge is 2.24. The summed E-state index contributed by atoms with van der Waals surface area (Å²) in [5, 5.41) is 10.5. The molecule has 0 unspecified atom stereocenters. The number of pyridine rings is 1. The summed E-state index contributed by atoms with van der Waals surface area (Å²) in [6.07, 6.45) is 3.41. The van der Waals surface area contributed by atoms with Crippen LogP contribution in [-0.4, -0.2) is 4.98 Å². The third-order valence-electron chi connectivity index (χ3n) is 4.85. The number of aromatic amines is 1. The van der Waals surface area contributed by atoms with Gasteiger partial charge >= 0.3 is 0 Å². The molecule has 4 rings (SSSR count). The van der Waals surface area contributed by atoms with E-state index in [9.17, 15) is 10.1 Å². The normalized spacial score (nSPS) is 13.8. The van der Waals surface area contributed by atoms with Gasteiger partial charge in [-0.25, -0.2) is 0 Å². The molecule has 118 valence electrons. The van der Waals surface area contributed by atoms with Crippen LogP contribution in [0.2, 0.25) is 0 Å². The second-order valence-electron chi connectivity index (χ2n) is 6.45. The van der Waals surface area contributed by atoms with Gasteiger partial charge in [-0.15, -0.1) is 0 Å². The summed E-state index contributed by atoms with van der Waals surface area (Å²) in [6.45, 7) is 2.11. The molecular formula is C21H18N2O. The highest BCUT2D eigenvalue weighted by molar-refractivity contribution is 5.97. The third-order valence-corrected chi connectivity index (χ3v) is 4.85. The Bertz CT molecular complexity index is 1020. The molecule has 1 saturated carbocycles. The number of rotatable bonds is 3. The number of nitrogens with zero attached hydrogens (tertiary/aromatic N) is 1. The Labute approximate surface area is 140 Å². The van der Waals surface area contributed by atoms with Crippen LogP contribution < -0.4 is 5.56 Å². The summed E-state index contributed by atoms with van der Waals surface area (Å²) in [7, 11) is 0. The van der Waals surface area contributed by atoms with Gasteiger partial charge in [0.1, 0.15) is 11.6 Å². The Kier molecular flexibility index (Phi) is 3.46. The maximum absolute atomic E-state index is 12.3. The lowest BCUT2D eigenvalue weighted by atomic mass is 9.94. The first-order valence-corrected chi connectivity index (χ1v) is 8.40. The molecule has 0 atom stereocenters. The number of nitriles is 1. The number of aryl methyl sites for hydroxylation is 1. The van der Waals surface area contributed by atoms with Crippen LogP contribution in [0.15, 0.2) is 47.3 Å². The topological polar surface area (TPSA) is 56.6 Å². The maximum atomic E-state index is 12.3. The first-order chi connectivity index (χ1) is 11.7. The second kappa shape index (κ2) is 5.65. The van der Waals surface area contributed by atoms with Gasteiger partial charge < -0.3 is 4.98 Å². The summed E-state index contributed by atoms with van der Waals surface area (Å²) in [5.41, 5.74) is 4.88. The van der Waals surface area contributed by atoms with Crippen LogP contribution in [0.1, 0.15) is 42.4 Å². The molecule has 1 heterocycles. The van der Waals surface area contributed by atoms with Crippen molar-refractivity contribution in [1.82, 2.24) is 4.98 Å². The fraction of sp³-hybridized carbons (Fsp3) is 0.238. The van der Waals surface area contributed by atoms with Crippen molar-refractivity contribution >= 4 is 10.9 Å². The van der Waals surface area contributed by atoms with E-state index in [1.807, 2.05) is 18.2 Å². The second-order valence-corrected chi connectivity index (χ2v) is 6.45. The molecule has 2 aromatic carbocycles. The van der Waals surface area contributed by atoms with Crippen LogP contribution in [0.4, 0.5) is 0 Å². The van der Waals surface area contributed by atoms with E-state index in [1.54, 1.807) is 0 Å². The summed E-state index contributed by atoms with van der Waals surface area (Å²) in [6, 6.07) is 16.5. The smallest absolute Gasteiger partial charge is 0.266 e. The largest absolute Gasteiger partial charge is 0.321 e. The van der Waals surface area contributed by atoms with Gasteiger partial charge in [0.15, 0.2) is 0 Å². The lowest BCUT2D eigenvalue weighted by molar-refractivity contribution is 1.13. The van der Waals surface area contributed by atoms with Crippen LogP contribution in [0.3, 0.4) is 0 Å². The Balaban J connectivity index is 2.03. The number of benzene rings is 2. The minimum absolute atomic E-state index is 0.194. The van der Waals surface area contributed by atoms with Crippen LogP contribution in [0, 0.1) is 11.3 Å². The monoisotopic (exact) mass is 314 g/mol. The predicted octanol–water partition coefficient (Wildman–Crippen LogP) is 4.51. The maximum Gasteiger partial charge on any atom is 0.266 e. The lowest BCUT2D eigenvalue weighted by Crippen LogP contribution is -2.12. The molecule has 3 nitrogen and oxygen atoms in total. The van der Waals surface area contributed by atoms with Crippen LogP contribution >= 0.6 is 0 Å². The average molecular weight is 314 g/mol. The zero-order chi connectivity index (χ0) is 16.7. The van der Waals surface area contributed by atoms with E-state index in [0.29, 0.717) is 5.92 Å². The number of aromatic nitrogens is 1. The molecule has 1 fully saturated rings. The Morgan fingerprint density at radius 2 is 1.92 bits per heavy atom. The molecule has 1 aromatic heterocycles. The van der Waals surface area contributed by atoms with Gasteiger partial charge in [0, 0.05) is 16.5 Å². The Morgan fingerprint density at radius 3 is 2.54 bits per heavy atom. The zero-order valence-electron chi connectivity index (χ0n) is 13.6. The molecule has 3 heteroatoms. The molecule has 3 aromatic rings. The van der Waals surface area contributed by atoms with E-state index >= 15 is 0 Å². The van der Waals surface area contributed by atoms with Crippen molar-refractivity contribution in [3.63, 3.8) is 0 Å². The zero-order valence-corrected chi connectivity index (χ0v) is 13.6. The van der Waals surface area contributed by atoms with E-state index in [1.165, 1.54) is 24.0 Å². The molecule has 0 aliphatic heterocycles. The summed E-state index contributed by atoms with van der Waals surface area (Å²) in [5.74, 6) is 0.627. The van der Waals surface area contributed by atoms with Gasteiger partial charge in [0.2, 0.25) is 0 Å². The lowest BCUT2D eigenvalue weighted by Gasteiger charge is -2.11. The van der Waals surface area contributed by atoms with Crippen molar-refractivity contribution in [3.8, 4) is 17.2 Å². The summed E-state index contributed by atoms with van der Waals surface area (Å²) < 4.78 is 0. The quantitative estimate of drug-likeness (QED) is 0.773. The minimum atomic E-state index is -0.321. The molecule has 0 bridgehead atoms. The molecule has 0 spiro atoms.